The van der Waals surface area contributed by atoms with Gasteiger partial charge in [0.15, 0.2) is 0 Å². The van der Waals surface area contributed by atoms with Crippen LogP contribution in [0, 0.1) is 0 Å². The summed E-state index contributed by atoms with van der Waals surface area (Å²) in [6, 6.07) is 7.05. The molecule has 0 radical (unpaired) electrons. The standard InChI is InChI=1S/C15H14Cl4N2/c1-2-20-14(15-13(19)7-11(17)8-21-15)6-9-5-10(16)3-4-12(9)18/h3-5,7-8,14,20H,2,6H2,1H3. The Kier molecular flexibility index (Phi) is 6.15. The average Bonchev–Trinajstić information content (AvgIpc) is 2.42. The second-order valence-corrected chi connectivity index (χ2v) is 6.26. The Morgan fingerprint density at radius 3 is 2.48 bits per heavy atom. The summed E-state index contributed by atoms with van der Waals surface area (Å²) in [7, 11) is 0. The molecule has 0 spiro atoms. The van der Waals surface area contributed by atoms with Gasteiger partial charge in [-0.15, -0.1) is 0 Å². The van der Waals surface area contributed by atoms with Gasteiger partial charge in [0.25, 0.3) is 0 Å². The first-order valence-corrected chi connectivity index (χ1v) is 8.00. The molecule has 112 valence electrons. The van der Waals surface area contributed by atoms with Gasteiger partial charge in [0, 0.05) is 16.2 Å². The monoisotopic (exact) mass is 362 g/mol. The van der Waals surface area contributed by atoms with Gasteiger partial charge in [-0.3, -0.25) is 4.98 Å². The van der Waals surface area contributed by atoms with E-state index in [1.807, 2.05) is 13.0 Å². The van der Waals surface area contributed by atoms with Crippen LogP contribution in [0.1, 0.15) is 24.2 Å². The van der Waals surface area contributed by atoms with Crippen LogP contribution in [0.4, 0.5) is 0 Å². The van der Waals surface area contributed by atoms with Crippen molar-refractivity contribution in [2.45, 2.75) is 19.4 Å². The van der Waals surface area contributed by atoms with Crippen molar-refractivity contribution in [3.8, 4) is 0 Å². The van der Waals surface area contributed by atoms with Gasteiger partial charge in [0.2, 0.25) is 0 Å². The molecule has 0 saturated carbocycles. The first-order chi connectivity index (χ1) is 10.0. The maximum Gasteiger partial charge on any atom is 0.0763 e. The van der Waals surface area contributed by atoms with Crippen LogP contribution in [0.2, 0.25) is 20.1 Å². The molecule has 2 nitrogen and oxygen atoms in total. The summed E-state index contributed by atoms with van der Waals surface area (Å²) < 4.78 is 0. The minimum Gasteiger partial charge on any atom is -0.309 e. The number of halogens is 4. The lowest BCUT2D eigenvalue weighted by molar-refractivity contribution is 0.537. The molecule has 2 aromatic rings. The quantitative estimate of drug-likeness (QED) is 0.748. The van der Waals surface area contributed by atoms with Gasteiger partial charge in [-0.05, 0) is 42.8 Å². The van der Waals surface area contributed by atoms with Crippen LogP contribution in [0.15, 0.2) is 30.5 Å². The normalized spacial score (nSPS) is 12.4. The maximum atomic E-state index is 6.25. The highest BCUT2D eigenvalue weighted by Crippen LogP contribution is 2.29. The van der Waals surface area contributed by atoms with Crippen molar-refractivity contribution in [1.29, 1.82) is 0 Å². The molecule has 0 aliphatic heterocycles. The summed E-state index contributed by atoms with van der Waals surface area (Å²) >= 11 is 24.4. The SMILES string of the molecule is CCNC(Cc1cc(Cl)ccc1Cl)c1ncc(Cl)cc1Cl. The van der Waals surface area contributed by atoms with Crippen molar-refractivity contribution in [3.63, 3.8) is 0 Å². The smallest absolute Gasteiger partial charge is 0.0763 e. The maximum absolute atomic E-state index is 6.25. The fraction of sp³-hybridized carbons (Fsp3) is 0.267. The molecule has 1 unspecified atom stereocenters. The molecule has 0 aliphatic carbocycles. The van der Waals surface area contributed by atoms with Crippen LogP contribution < -0.4 is 5.32 Å². The summed E-state index contributed by atoms with van der Waals surface area (Å²) in [6.45, 7) is 2.81. The van der Waals surface area contributed by atoms with Crippen LogP contribution >= 0.6 is 46.4 Å². The fourth-order valence-corrected chi connectivity index (χ4v) is 3.01. The minimum absolute atomic E-state index is 0.0595. The Hall–Kier alpha value is -0.510. The zero-order chi connectivity index (χ0) is 15.4. The number of aromatic nitrogens is 1. The lowest BCUT2D eigenvalue weighted by Crippen LogP contribution is -2.24. The van der Waals surface area contributed by atoms with Crippen LogP contribution in [0.5, 0.6) is 0 Å². The Balaban J connectivity index is 2.32. The number of pyridine rings is 1. The number of rotatable bonds is 5. The van der Waals surface area contributed by atoms with Crippen molar-refractivity contribution in [1.82, 2.24) is 10.3 Å². The summed E-state index contributed by atoms with van der Waals surface area (Å²) in [5.41, 5.74) is 1.70. The average molecular weight is 364 g/mol. The molecule has 1 heterocycles. The number of hydrogen-bond acceptors (Lipinski definition) is 2. The second-order valence-electron chi connectivity index (χ2n) is 4.57. The van der Waals surface area contributed by atoms with E-state index in [4.69, 9.17) is 46.4 Å². The van der Waals surface area contributed by atoms with Gasteiger partial charge in [0.1, 0.15) is 0 Å². The summed E-state index contributed by atoms with van der Waals surface area (Å²) in [6.07, 6.45) is 2.23. The second kappa shape index (κ2) is 7.66. The molecular formula is C15H14Cl4N2. The van der Waals surface area contributed by atoms with Crippen molar-refractivity contribution < 1.29 is 0 Å². The Bertz CT molecular complexity index is 631. The van der Waals surface area contributed by atoms with Crippen molar-refractivity contribution in [2.24, 2.45) is 0 Å². The van der Waals surface area contributed by atoms with E-state index in [9.17, 15) is 0 Å². The fourth-order valence-electron chi connectivity index (χ4n) is 2.11. The van der Waals surface area contributed by atoms with E-state index in [2.05, 4.69) is 10.3 Å². The molecular weight excluding hydrogens is 350 g/mol. The van der Waals surface area contributed by atoms with E-state index in [0.29, 0.717) is 26.5 Å². The molecule has 1 aromatic carbocycles. The Morgan fingerprint density at radius 1 is 1.05 bits per heavy atom. The third-order valence-corrected chi connectivity index (χ3v) is 4.16. The molecule has 6 heteroatoms. The van der Waals surface area contributed by atoms with Crippen LogP contribution in [-0.4, -0.2) is 11.5 Å². The first-order valence-electron chi connectivity index (χ1n) is 6.49. The van der Waals surface area contributed by atoms with E-state index in [0.717, 1.165) is 17.8 Å². The molecule has 0 aliphatic rings. The molecule has 2 rings (SSSR count). The third-order valence-electron chi connectivity index (χ3n) is 3.05. The number of nitrogens with zero attached hydrogens (tertiary/aromatic N) is 1. The molecule has 0 amide bonds. The first kappa shape index (κ1) is 16.9. The highest BCUT2D eigenvalue weighted by atomic mass is 35.5. The number of hydrogen-bond donors (Lipinski definition) is 1. The summed E-state index contributed by atoms with van der Waals surface area (Å²) in [4.78, 5) is 4.34. The van der Waals surface area contributed by atoms with Gasteiger partial charge in [-0.2, -0.15) is 0 Å². The molecule has 0 bridgehead atoms. The van der Waals surface area contributed by atoms with E-state index >= 15 is 0 Å². The van der Waals surface area contributed by atoms with Crippen molar-refractivity contribution >= 4 is 46.4 Å². The van der Waals surface area contributed by atoms with Crippen LogP contribution in [0.3, 0.4) is 0 Å². The number of likely N-dealkylation sites (N-methyl/N-ethyl adjacent to an activating group) is 1. The van der Waals surface area contributed by atoms with E-state index in [-0.39, 0.29) is 6.04 Å². The third kappa shape index (κ3) is 4.48. The van der Waals surface area contributed by atoms with Crippen molar-refractivity contribution in [3.05, 3.63) is 61.8 Å². The predicted octanol–water partition coefficient (Wildman–Crippen LogP) is 5.59. The molecule has 1 aromatic heterocycles. The highest BCUT2D eigenvalue weighted by molar-refractivity contribution is 6.35. The van der Waals surface area contributed by atoms with Gasteiger partial charge in [-0.25, -0.2) is 0 Å². The number of benzene rings is 1. The number of nitrogens with one attached hydrogen (secondary N) is 1. The van der Waals surface area contributed by atoms with Gasteiger partial charge in [0.05, 0.1) is 21.8 Å². The Morgan fingerprint density at radius 2 is 1.81 bits per heavy atom. The van der Waals surface area contributed by atoms with Gasteiger partial charge < -0.3 is 5.32 Å². The highest BCUT2D eigenvalue weighted by Gasteiger charge is 2.18. The zero-order valence-electron chi connectivity index (χ0n) is 11.3. The largest absolute Gasteiger partial charge is 0.309 e. The van der Waals surface area contributed by atoms with Crippen LogP contribution in [0.25, 0.3) is 0 Å². The summed E-state index contributed by atoms with van der Waals surface area (Å²) in [5.74, 6) is 0. The summed E-state index contributed by atoms with van der Waals surface area (Å²) in [5, 5.41) is 5.74. The Labute approximate surface area is 144 Å². The van der Waals surface area contributed by atoms with E-state index in [1.54, 1.807) is 24.4 Å². The topological polar surface area (TPSA) is 24.9 Å². The van der Waals surface area contributed by atoms with Crippen molar-refractivity contribution in [2.75, 3.05) is 6.54 Å². The van der Waals surface area contributed by atoms with Gasteiger partial charge >= 0.3 is 0 Å². The molecule has 1 N–H and O–H groups in total. The predicted molar refractivity (Wildman–Crippen MR) is 90.8 cm³/mol. The van der Waals surface area contributed by atoms with Gasteiger partial charge in [-0.1, -0.05) is 53.3 Å². The zero-order valence-corrected chi connectivity index (χ0v) is 14.4. The van der Waals surface area contributed by atoms with E-state index in [1.165, 1.54) is 0 Å². The lowest BCUT2D eigenvalue weighted by atomic mass is 10.0. The molecule has 0 saturated heterocycles. The molecule has 21 heavy (non-hydrogen) atoms. The molecule has 0 fully saturated rings. The van der Waals surface area contributed by atoms with Crippen LogP contribution in [-0.2, 0) is 6.42 Å². The lowest BCUT2D eigenvalue weighted by Gasteiger charge is -2.19. The minimum atomic E-state index is -0.0595. The molecule has 1 atom stereocenters. The van der Waals surface area contributed by atoms with E-state index < -0.39 is 0 Å².